The van der Waals surface area contributed by atoms with E-state index in [1.165, 1.54) is 7.11 Å². The molecule has 0 saturated carbocycles. The van der Waals surface area contributed by atoms with Crippen LogP contribution < -0.4 is 4.43 Å². The van der Waals surface area contributed by atoms with Crippen molar-refractivity contribution in [2.75, 3.05) is 7.11 Å². The smallest absolute Gasteiger partial charge is 0.305 e. The van der Waals surface area contributed by atoms with E-state index < -0.39 is 8.32 Å². The predicted octanol–water partition coefficient (Wildman–Crippen LogP) is 5.39. The molecule has 4 nitrogen and oxygen atoms in total. The van der Waals surface area contributed by atoms with Gasteiger partial charge in [0, 0.05) is 18.4 Å². The van der Waals surface area contributed by atoms with Crippen LogP contribution in [0.4, 0.5) is 0 Å². The molecule has 0 saturated heterocycles. The van der Waals surface area contributed by atoms with Crippen LogP contribution in [0.3, 0.4) is 0 Å². The van der Waals surface area contributed by atoms with Crippen molar-refractivity contribution in [3.05, 3.63) is 35.9 Å². The van der Waals surface area contributed by atoms with Gasteiger partial charge in [-0.3, -0.25) is 9.59 Å². The Kier molecular flexibility index (Phi) is 8.28. The molecular formula is C21H32O4Si. The standard InChI is InChI=1S/C21H32O4Si/c1-21(2,3)26(5,6)25-19-13-9-7-11-17(19)15-16-18(22)12-8-10-14-20(23)24-4/h7,9,11,13,15-16H,8,10,12,14H2,1-6H3/b16-15+. The number of hydrogen-bond acceptors (Lipinski definition) is 4. The van der Waals surface area contributed by atoms with Gasteiger partial charge in [0.05, 0.1) is 7.11 Å². The molecule has 0 bridgehead atoms. The van der Waals surface area contributed by atoms with Gasteiger partial charge in [-0.25, -0.2) is 0 Å². The van der Waals surface area contributed by atoms with Crippen LogP contribution in [0.2, 0.25) is 18.1 Å². The third-order valence-corrected chi connectivity index (χ3v) is 9.16. The van der Waals surface area contributed by atoms with Crippen molar-refractivity contribution in [2.24, 2.45) is 0 Å². The summed E-state index contributed by atoms with van der Waals surface area (Å²) in [5.41, 5.74) is 0.917. The number of carbonyl (C=O) groups excluding carboxylic acids is 2. The molecule has 0 amide bonds. The van der Waals surface area contributed by atoms with E-state index in [0.717, 1.165) is 11.3 Å². The van der Waals surface area contributed by atoms with E-state index in [4.69, 9.17) is 4.43 Å². The summed E-state index contributed by atoms with van der Waals surface area (Å²) in [5.74, 6) is 0.649. The van der Waals surface area contributed by atoms with E-state index in [0.29, 0.717) is 25.7 Å². The summed E-state index contributed by atoms with van der Waals surface area (Å²) in [7, 11) is -0.562. The number of methoxy groups -OCH3 is 1. The molecule has 0 spiro atoms. The minimum absolute atomic E-state index is 0.0528. The number of carbonyl (C=O) groups is 2. The van der Waals surface area contributed by atoms with E-state index in [-0.39, 0.29) is 16.8 Å². The fraction of sp³-hybridized carbons (Fsp3) is 0.524. The van der Waals surface area contributed by atoms with Crippen LogP contribution in [-0.4, -0.2) is 27.2 Å². The van der Waals surface area contributed by atoms with E-state index >= 15 is 0 Å². The van der Waals surface area contributed by atoms with Crippen molar-refractivity contribution in [3.8, 4) is 5.75 Å². The fourth-order valence-corrected chi connectivity index (χ4v) is 3.12. The number of ketones is 1. The highest BCUT2D eigenvalue weighted by Crippen LogP contribution is 2.38. The summed E-state index contributed by atoms with van der Waals surface area (Å²) < 4.78 is 11.0. The quantitative estimate of drug-likeness (QED) is 0.251. The highest BCUT2D eigenvalue weighted by molar-refractivity contribution is 6.74. The molecule has 0 unspecified atom stereocenters. The van der Waals surface area contributed by atoms with Gasteiger partial charge in [-0.2, -0.15) is 0 Å². The Bertz CT molecular complexity index is 642. The van der Waals surface area contributed by atoms with Crippen molar-refractivity contribution >= 4 is 26.1 Å². The van der Waals surface area contributed by atoms with Crippen molar-refractivity contribution in [1.82, 2.24) is 0 Å². The van der Waals surface area contributed by atoms with E-state index in [1.54, 1.807) is 6.08 Å². The maximum absolute atomic E-state index is 12.1. The molecule has 144 valence electrons. The zero-order valence-electron chi connectivity index (χ0n) is 16.9. The third-order valence-electron chi connectivity index (χ3n) is 4.82. The second-order valence-electron chi connectivity index (χ2n) is 7.98. The predicted molar refractivity (Wildman–Crippen MR) is 109 cm³/mol. The third kappa shape index (κ3) is 7.16. The first kappa shape index (κ1) is 22.2. The summed E-state index contributed by atoms with van der Waals surface area (Å²) in [4.78, 5) is 23.1. The van der Waals surface area contributed by atoms with Crippen LogP contribution in [0.1, 0.15) is 52.0 Å². The van der Waals surface area contributed by atoms with Gasteiger partial charge in [-0.05, 0) is 49.2 Å². The summed E-state index contributed by atoms with van der Waals surface area (Å²) >= 11 is 0. The van der Waals surface area contributed by atoms with Gasteiger partial charge in [-0.1, -0.05) is 39.0 Å². The monoisotopic (exact) mass is 376 g/mol. The van der Waals surface area contributed by atoms with Crippen molar-refractivity contribution in [2.45, 2.75) is 64.6 Å². The molecule has 1 aromatic carbocycles. The van der Waals surface area contributed by atoms with Gasteiger partial charge in [0.1, 0.15) is 5.75 Å². The number of hydrogen-bond donors (Lipinski definition) is 0. The van der Waals surface area contributed by atoms with Crippen molar-refractivity contribution in [3.63, 3.8) is 0 Å². The molecule has 0 aliphatic heterocycles. The number of benzene rings is 1. The minimum atomic E-state index is -1.94. The van der Waals surface area contributed by atoms with Gasteiger partial charge in [0.25, 0.3) is 8.32 Å². The molecule has 0 aliphatic rings. The topological polar surface area (TPSA) is 52.6 Å². The van der Waals surface area contributed by atoms with Crippen LogP contribution in [0.25, 0.3) is 6.08 Å². The first-order valence-electron chi connectivity index (χ1n) is 9.12. The van der Waals surface area contributed by atoms with Gasteiger partial charge in [0.2, 0.25) is 0 Å². The number of esters is 1. The lowest BCUT2D eigenvalue weighted by molar-refractivity contribution is -0.140. The molecular weight excluding hydrogens is 344 g/mol. The Balaban J connectivity index is 2.68. The van der Waals surface area contributed by atoms with E-state index in [1.807, 2.05) is 30.3 Å². The second-order valence-corrected chi connectivity index (χ2v) is 12.7. The van der Waals surface area contributed by atoms with Crippen LogP contribution in [0.5, 0.6) is 5.75 Å². The Hall–Kier alpha value is -1.88. The average Bonchev–Trinajstić information content (AvgIpc) is 2.56. The summed E-state index contributed by atoms with van der Waals surface area (Å²) in [5, 5.41) is 0.110. The lowest BCUT2D eigenvalue weighted by atomic mass is 10.1. The van der Waals surface area contributed by atoms with Gasteiger partial charge in [-0.15, -0.1) is 0 Å². The number of unbranched alkanes of at least 4 members (excludes halogenated alkanes) is 1. The fourth-order valence-electron chi connectivity index (χ4n) is 2.08. The maximum Gasteiger partial charge on any atom is 0.305 e. The van der Waals surface area contributed by atoms with Gasteiger partial charge in [0.15, 0.2) is 5.78 Å². The maximum atomic E-state index is 12.1. The van der Waals surface area contributed by atoms with Crippen LogP contribution in [0.15, 0.2) is 30.3 Å². The van der Waals surface area contributed by atoms with Gasteiger partial charge >= 0.3 is 5.97 Å². The Morgan fingerprint density at radius 1 is 1.08 bits per heavy atom. The minimum Gasteiger partial charge on any atom is -0.543 e. The van der Waals surface area contributed by atoms with E-state index in [2.05, 4.69) is 38.6 Å². The van der Waals surface area contributed by atoms with Crippen molar-refractivity contribution in [1.29, 1.82) is 0 Å². The Morgan fingerprint density at radius 2 is 1.69 bits per heavy atom. The molecule has 0 aromatic heterocycles. The number of para-hydroxylation sites is 1. The molecule has 0 heterocycles. The Labute approximate surface area is 158 Å². The van der Waals surface area contributed by atoms with Crippen LogP contribution >= 0.6 is 0 Å². The lowest BCUT2D eigenvalue weighted by Gasteiger charge is -2.36. The molecule has 0 fully saturated rings. The second kappa shape index (κ2) is 9.71. The molecule has 0 aliphatic carbocycles. The molecule has 0 atom stereocenters. The highest BCUT2D eigenvalue weighted by Gasteiger charge is 2.39. The molecule has 0 radical (unpaired) electrons. The molecule has 0 N–H and O–H groups in total. The zero-order valence-corrected chi connectivity index (χ0v) is 17.9. The van der Waals surface area contributed by atoms with E-state index in [9.17, 15) is 9.59 Å². The van der Waals surface area contributed by atoms with Crippen LogP contribution in [0, 0.1) is 0 Å². The largest absolute Gasteiger partial charge is 0.543 e. The molecule has 1 aromatic rings. The van der Waals surface area contributed by atoms with Gasteiger partial charge < -0.3 is 9.16 Å². The summed E-state index contributed by atoms with van der Waals surface area (Å²) in [6.45, 7) is 11.0. The summed E-state index contributed by atoms with van der Waals surface area (Å²) in [6, 6.07) is 7.82. The first-order valence-corrected chi connectivity index (χ1v) is 12.0. The molecule has 5 heteroatoms. The number of allylic oxidation sites excluding steroid dienone is 1. The highest BCUT2D eigenvalue weighted by atomic mass is 28.4. The zero-order chi connectivity index (χ0) is 19.8. The Morgan fingerprint density at radius 3 is 2.31 bits per heavy atom. The molecule has 26 heavy (non-hydrogen) atoms. The lowest BCUT2D eigenvalue weighted by Crippen LogP contribution is -2.44. The molecule has 1 rings (SSSR count). The average molecular weight is 377 g/mol. The number of rotatable bonds is 9. The first-order chi connectivity index (χ1) is 12.1. The number of ether oxygens (including phenoxy) is 1. The normalized spacial score (nSPS) is 12.2. The van der Waals surface area contributed by atoms with Crippen molar-refractivity contribution < 1.29 is 18.8 Å². The SMILES string of the molecule is COC(=O)CCCCC(=O)/C=C/c1ccccc1O[Si](C)(C)C(C)(C)C. The summed E-state index contributed by atoms with van der Waals surface area (Å²) in [6.07, 6.45) is 5.56. The van der Waals surface area contributed by atoms with Crippen LogP contribution in [-0.2, 0) is 14.3 Å².